The van der Waals surface area contributed by atoms with E-state index in [0.717, 1.165) is 16.7 Å². The third-order valence-electron chi connectivity index (χ3n) is 3.04. The molecule has 21 heavy (non-hydrogen) atoms. The van der Waals surface area contributed by atoms with Gasteiger partial charge in [0.05, 0.1) is 13.4 Å². The number of ether oxygens (including phenoxy) is 2. The fraction of sp³-hybridized carbons (Fsp3) is 0.214. The van der Waals surface area contributed by atoms with Gasteiger partial charge in [-0.3, -0.25) is 0 Å². The first-order chi connectivity index (χ1) is 10.2. The maximum absolute atomic E-state index is 5.85. The largest absolute Gasteiger partial charge is 0.493 e. The molecule has 1 aromatic carbocycles. The van der Waals surface area contributed by atoms with E-state index in [1.165, 1.54) is 6.33 Å². The van der Waals surface area contributed by atoms with Crippen LogP contribution in [0.25, 0.3) is 11.2 Å². The molecule has 0 aliphatic rings. The Balaban J connectivity index is 2.04. The lowest BCUT2D eigenvalue weighted by molar-refractivity contribution is 0.375. The third kappa shape index (κ3) is 2.56. The molecule has 3 rings (SSSR count). The Morgan fingerprint density at radius 2 is 2.05 bits per heavy atom. The molecule has 0 amide bonds. The summed E-state index contributed by atoms with van der Waals surface area (Å²) < 4.78 is 14.0. The highest BCUT2D eigenvalue weighted by molar-refractivity contribution is 9.10. The molecule has 7 heteroatoms. The summed E-state index contributed by atoms with van der Waals surface area (Å²) in [4.78, 5) is 12.7. The number of aryl methyl sites for hydroxylation is 1. The van der Waals surface area contributed by atoms with Crippen molar-refractivity contribution < 1.29 is 9.47 Å². The number of nitrogens with zero attached hydrogens (tertiary/aromatic N) is 4. The van der Waals surface area contributed by atoms with E-state index in [2.05, 4.69) is 30.9 Å². The van der Waals surface area contributed by atoms with E-state index in [1.807, 2.05) is 29.7 Å². The summed E-state index contributed by atoms with van der Waals surface area (Å²) in [6.45, 7) is 2.82. The van der Waals surface area contributed by atoms with Crippen LogP contribution in [-0.4, -0.2) is 26.6 Å². The lowest BCUT2D eigenvalue weighted by atomic mass is 10.3. The van der Waals surface area contributed by atoms with Gasteiger partial charge in [-0.2, -0.15) is 4.98 Å². The molecule has 0 bridgehead atoms. The van der Waals surface area contributed by atoms with Crippen LogP contribution in [0.2, 0.25) is 0 Å². The van der Waals surface area contributed by atoms with Crippen molar-refractivity contribution in [1.29, 1.82) is 0 Å². The van der Waals surface area contributed by atoms with Crippen LogP contribution < -0.4 is 9.47 Å². The first kappa shape index (κ1) is 13.8. The zero-order valence-corrected chi connectivity index (χ0v) is 13.2. The number of halogens is 1. The summed E-state index contributed by atoms with van der Waals surface area (Å²) in [6.07, 6.45) is 3.20. The van der Waals surface area contributed by atoms with Gasteiger partial charge in [0.2, 0.25) is 0 Å². The van der Waals surface area contributed by atoms with Crippen molar-refractivity contribution in [2.75, 3.05) is 7.11 Å². The van der Waals surface area contributed by atoms with Gasteiger partial charge in [0.25, 0.3) is 5.88 Å². The van der Waals surface area contributed by atoms with Gasteiger partial charge in [-0.25, -0.2) is 9.97 Å². The number of benzene rings is 1. The number of hydrogen-bond donors (Lipinski definition) is 0. The van der Waals surface area contributed by atoms with Crippen LogP contribution >= 0.6 is 15.9 Å². The van der Waals surface area contributed by atoms with Gasteiger partial charge in [-0.15, -0.1) is 0 Å². The predicted molar refractivity (Wildman–Crippen MR) is 81.8 cm³/mol. The van der Waals surface area contributed by atoms with Gasteiger partial charge in [0.1, 0.15) is 6.33 Å². The molecule has 0 saturated carbocycles. The second-order valence-electron chi connectivity index (χ2n) is 4.28. The van der Waals surface area contributed by atoms with Crippen molar-refractivity contribution >= 4 is 27.1 Å². The number of imidazole rings is 1. The summed E-state index contributed by atoms with van der Waals surface area (Å²) in [6, 6.07) is 5.52. The molecule has 0 saturated heterocycles. The first-order valence-electron chi connectivity index (χ1n) is 6.40. The molecule has 6 nitrogen and oxygen atoms in total. The molecular weight excluding hydrogens is 336 g/mol. The number of rotatable bonds is 4. The maximum atomic E-state index is 5.85. The molecular formula is C14H13BrN4O2. The van der Waals surface area contributed by atoms with E-state index < -0.39 is 0 Å². The van der Waals surface area contributed by atoms with Crippen molar-refractivity contribution in [3.05, 3.63) is 35.3 Å². The monoisotopic (exact) mass is 348 g/mol. The summed E-state index contributed by atoms with van der Waals surface area (Å²) in [5.74, 6) is 1.60. The Kier molecular flexibility index (Phi) is 3.74. The van der Waals surface area contributed by atoms with E-state index in [4.69, 9.17) is 9.47 Å². The van der Waals surface area contributed by atoms with Gasteiger partial charge >= 0.3 is 0 Å². The molecule has 0 aliphatic carbocycles. The standard InChI is InChI=1S/C14H13BrN4O2/c1-3-19-8-18-12-13(19)16-7-17-14(12)21-10-5-4-9(15)6-11(10)20-2/h4-8H,3H2,1-2H3. The summed E-state index contributed by atoms with van der Waals surface area (Å²) in [5.41, 5.74) is 1.38. The van der Waals surface area contributed by atoms with E-state index in [1.54, 1.807) is 13.4 Å². The van der Waals surface area contributed by atoms with Crippen molar-refractivity contribution in [1.82, 2.24) is 19.5 Å². The minimum atomic E-state index is 0.410. The lowest BCUT2D eigenvalue weighted by Crippen LogP contribution is -1.96. The van der Waals surface area contributed by atoms with Crippen LogP contribution in [0.15, 0.2) is 35.3 Å². The SMILES string of the molecule is CCn1cnc2c(Oc3ccc(Br)cc3OC)ncnc21. The predicted octanol–water partition coefficient (Wildman–Crippen LogP) is 3.41. The molecule has 0 fully saturated rings. The Hall–Kier alpha value is -2.15. The van der Waals surface area contributed by atoms with Crippen LogP contribution in [0.1, 0.15) is 6.92 Å². The normalized spacial score (nSPS) is 10.8. The summed E-state index contributed by atoms with van der Waals surface area (Å²) in [5, 5.41) is 0. The van der Waals surface area contributed by atoms with Crippen LogP contribution in [0.3, 0.4) is 0 Å². The lowest BCUT2D eigenvalue weighted by Gasteiger charge is -2.10. The number of hydrogen-bond acceptors (Lipinski definition) is 5. The molecule has 0 unspecified atom stereocenters. The van der Waals surface area contributed by atoms with Crippen LogP contribution in [0, 0.1) is 0 Å². The van der Waals surface area contributed by atoms with E-state index in [0.29, 0.717) is 22.9 Å². The van der Waals surface area contributed by atoms with E-state index in [-0.39, 0.29) is 0 Å². The second kappa shape index (κ2) is 5.69. The van der Waals surface area contributed by atoms with Crippen LogP contribution in [-0.2, 0) is 6.54 Å². The average molecular weight is 349 g/mol. The van der Waals surface area contributed by atoms with Gasteiger partial charge in [-0.1, -0.05) is 15.9 Å². The number of methoxy groups -OCH3 is 1. The Bertz CT molecular complexity index is 788. The Labute approximate surface area is 129 Å². The first-order valence-corrected chi connectivity index (χ1v) is 7.19. The molecule has 0 radical (unpaired) electrons. The minimum Gasteiger partial charge on any atom is -0.493 e. The van der Waals surface area contributed by atoms with Crippen LogP contribution in [0.5, 0.6) is 17.4 Å². The molecule has 0 aliphatic heterocycles. The maximum Gasteiger partial charge on any atom is 0.251 e. The molecule has 0 spiro atoms. The van der Waals surface area contributed by atoms with Crippen molar-refractivity contribution in [3.63, 3.8) is 0 Å². The van der Waals surface area contributed by atoms with Crippen molar-refractivity contribution in [2.45, 2.75) is 13.5 Å². The zero-order valence-electron chi connectivity index (χ0n) is 11.6. The van der Waals surface area contributed by atoms with Crippen molar-refractivity contribution in [3.8, 4) is 17.4 Å². The van der Waals surface area contributed by atoms with Gasteiger partial charge < -0.3 is 14.0 Å². The topological polar surface area (TPSA) is 62.1 Å². The number of fused-ring (bicyclic) bond motifs is 1. The highest BCUT2D eigenvalue weighted by Gasteiger charge is 2.13. The van der Waals surface area contributed by atoms with Gasteiger partial charge in [-0.05, 0) is 25.1 Å². The average Bonchev–Trinajstić information content (AvgIpc) is 2.93. The number of aromatic nitrogens is 4. The summed E-state index contributed by atoms with van der Waals surface area (Å²) >= 11 is 3.40. The van der Waals surface area contributed by atoms with Gasteiger partial charge in [0, 0.05) is 11.0 Å². The second-order valence-corrected chi connectivity index (χ2v) is 5.19. The molecule has 0 N–H and O–H groups in total. The van der Waals surface area contributed by atoms with Crippen molar-refractivity contribution in [2.24, 2.45) is 0 Å². The molecule has 2 heterocycles. The van der Waals surface area contributed by atoms with Gasteiger partial charge in [0.15, 0.2) is 22.7 Å². The highest BCUT2D eigenvalue weighted by Crippen LogP contribution is 2.34. The van der Waals surface area contributed by atoms with E-state index in [9.17, 15) is 0 Å². The summed E-state index contributed by atoms with van der Waals surface area (Å²) in [7, 11) is 1.59. The zero-order chi connectivity index (χ0) is 14.8. The molecule has 3 aromatic rings. The Morgan fingerprint density at radius 3 is 2.81 bits per heavy atom. The molecule has 108 valence electrons. The smallest absolute Gasteiger partial charge is 0.251 e. The van der Waals surface area contributed by atoms with E-state index >= 15 is 0 Å². The molecule has 2 aromatic heterocycles. The molecule has 0 atom stereocenters. The highest BCUT2D eigenvalue weighted by atomic mass is 79.9. The van der Waals surface area contributed by atoms with Crippen LogP contribution in [0.4, 0.5) is 0 Å². The minimum absolute atomic E-state index is 0.410. The fourth-order valence-corrected chi connectivity index (χ4v) is 2.34. The fourth-order valence-electron chi connectivity index (χ4n) is 2.00. The quantitative estimate of drug-likeness (QED) is 0.722. The Morgan fingerprint density at radius 1 is 1.19 bits per heavy atom. The third-order valence-corrected chi connectivity index (χ3v) is 3.53.